The Hall–Kier alpha value is -4.34. The predicted molar refractivity (Wildman–Crippen MR) is 167 cm³/mol. The topological polar surface area (TPSA) is 99.5 Å². The number of unbranched alkanes of at least 4 members (excludes halogenated alkanes) is 3. The second kappa shape index (κ2) is 17.7. The molecule has 0 radical (unpaired) electrons. The molecule has 0 saturated carbocycles. The molecule has 4 aromatic rings. The average Bonchev–Trinajstić information content (AvgIpc) is 3.03. The Morgan fingerprint density at radius 3 is 1.11 bits per heavy atom. The van der Waals surface area contributed by atoms with Gasteiger partial charge in [-0.05, 0) is 72.2 Å². The molecule has 8 heteroatoms. The summed E-state index contributed by atoms with van der Waals surface area (Å²) in [5.74, 6) is -0.742. The molecule has 0 unspecified atom stereocenters. The zero-order chi connectivity index (χ0) is 31.0. The molecular weight excluding hydrogens is 556 g/mol. The van der Waals surface area contributed by atoms with Crippen molar-refractivity contribution in [2.75, 3.05) is 13.2 Å². The Balaban J connectivity index is 1.04. The Labute approximate surface area is 259 Å². The molecule has 0 atom stereocenters. The highest BCUT2D eigenvalue weighted by Gasteiger charge is 2.10. The quantitative estimate of drug-likeness (QED) is 0.0761. The maximum atomic E-state index is 12.4. The second-order valence-corrected chi connectivity index (χ2v) is 10.7. The summed E-state index contributed by atoms with van der Waals surface area (Å²) in [7, 11) is 0. The van der Waals surface area contributed by atoms with Crippen LogP contribution >= 0.6 is 0 Å². The van der Waals surface area contributed by atoms with Crippen LogP contribution in [0.2, 0.25) is 0 Å². The van der Waals surface area contributed by atoms with E-state index in [9.17, 15) is 20.0 Å². The van der Waals surface area contributed by atoms with E-state index in [0.29, 0.717) is 50.5 Å². The lowest BCUT2D eigenvalue weighted by Gasteiger charge is -2.15. The predicted octanol–water partition coefficient (Wildman–Crippen LogP) is 7.04. The SMILES string of the molecule is O=C(OCCCCCCOC(=O)c1ccc(CN(O)Cc2ccccc2)cc1)c1ccc(CN(O)Cc2ccccc2)cc1. The number of carbonyl (C=O) groups excluding carboxylic acids is 2. The van der Waals surface area contributed by atoms with Gasteiger partial charge in [0.1, 0.15) is 0 Å². The van der Waals surface area contributed by atoms with Crippen LogP contribution in [0.1, 0.15) is 68.7 Å². The Kier molecular flexibility index (Phi) is 13.1. The fourth-order valence-electron chi connectivity index (χ4n) is 4.67. The van der Waals surface area contributed by atoms with Gasteiger partial charge in [-0.15, -0.1) is 0 Å². The lowest BCUT2D eigenvalue weighted by Crippen LogP contribution is -2.18. The largest absolute Gasteiger partial charge is 0.462 e. The van der Waals surface area contributed by atoms with Crippen molar-refractivity contribution in [3.05, 3.63) is 143 Å². The third-order valence-electron chi connectivity index (χ3n) is 7.03. The molecule has 0 aliphatic rings. The molecule has 0 heterocycles. The summed E-state index contributed by atoms with van der Waals surface area (Å²) in [5.41, 5.74) is 4.77. The first-order chi connectivity index (χ1) is 21.5. The van der Waals surface area contributed by atoms with Gasteiger partial charge in [0.05, 0.1) is 24.3 Å². The van der Waals surface area contributed by atoms with E-state index in [-0.39, 0.29) is 11.9 Å². The van der Waals surface area contributed by atoms with E-state index in [4.69, 9.17) is 9.47 Å². The third-order valence-corrected chi connectivity index (χ3v) is 7.03. The van der Waals surface area contributed by atoms with Crippen molar-refractivity contribution in [2.24, 2.45) is 0 Å². The summed E-state index contributed by atoms with van der Waals surface area (Å²) in [5, 5.41) is 22.9. The van der Waals surface area contributed by atoms with Crippen molar-refractivity contribution in [1.82, 2.24) is 10.1 Å². The van der Waals surface area contributed by atoms with E-state index in [1.807, 2.05) is 84.9 Å². The lowest BCUT2D eigenvalue weighted by atomic mass is 10.1. The van der Waals surface area contributed by atoms with Crippen LogP contribution < -0.4 is 0 Å². The Morgan fingerprint density at radius 2 is 0.773 bits per heavy atom. The molecule has 0 aliphatic carbocycles. The van der Waals surface area contributed by atoms with Crippen LogP contribution in [0, 0.1) is 0 Å². The zero-order valence-electron chi connectivity index (χ0n) is 24.9. The first-order valence-electron chi connectivity index (χ1n) is 14.9. The van der Waals surface area contributed by atoms with Gasteiger partial charge in [0, 0.05) is 26.2 Å². The highest BCUT2D eigenvalue weighted by atomic mass is 16.5. The fraction of sp³-hybridized carbons (Fsp3) is 0.278. The van der Waals surface area contributed by atoms with Crippen LogP contribution in [-0.2, 0) is 35.7 Å². The molecular formula is C36H40N2O6. The van der Waals surface area contributed by atoms with Crippen molar-refractivity contribution in [1.29, 1.82) is 0 Å². The van der Waals surface area contributed by atoms with Gasteiger partial charge in [0.25, 0.3) is 0 Å². The Bertz CT molecular complexity index is 1300. The number of benzene rings is 4. The van der Waals surface area contributed by atoms with Crippen molar-refractivity contribution in [2.45, 2.75) is 51.9 Å². The van der Waals surface area contributed by atoms with E-state index in [2.05, 4.69) is 0 Å². The minimum absolute atomic E-state index is 0.324. The molecule has 4 aromatic carbocycles. The fourth-order valence-corrected chi connectivity index (χ4v) is 4.67. The smallest absolute Gasteiger partial charge is 0.338 e. The van der Waals surface area contributed by atoms with Gasteiger partial charge in [0.15, 0.2) is 0 Å². The molecule has 230 valence electrons. The van der Waals surface area contributed by atoms with Crippen molar-refractivity contribution < 1.29 is 29.5 Å². The molecule has 0 bridgehead atoms. The van der Waals surface area contributed by atoms with Gasteiger partial charge in [-0.1, -0.05) is 84.9 Å². The van der Waals surface area contributed by atoms with E-state index in [1.165, 1.54) is 10.1 Å². The van der Waals surface area contributed by atoms with Gasteiger partial charge >= 0.3 is 11.9 Å². The normalized spacial score (nSPS) is 11.1. The number of hydrogen-bond acceptors (Lipinski definition) is 8. The van der Waals surface area contributed by atoms with E-state index < -0.39 is 0 Å². The molecule has 0 saturated heterocycles. The summed E-state index contributed by atoms with van der Waals surface area (Å²) in [6.45, 7) is 2.19. The summed E-state index contributed by atoms with van der Waals surface area (Å²) >= 11 is 0. The first-order valence-corrected chi connectivity index (χ1v) is 14.9. The molecule has 0 fully saturated rings. The Morgan fingerprint density at radius 1 is 0.455 bits per heavy atom. The third kappa shape index (κ3) is 11.4. The highest BCUT2D eigenvalue weighted by Crippen LogP contribution is 2.13. The van der Waals surface area contributed by atoms with Gasteiger partial charge in [0.2, 0.25) is 0 Å². The first kappa shape index (κ1) is 32.6. The van der Waals surface area contributed by atoms with Gasteiger partial charge in [-0.25, -0.2) is 9.59 Å². The molecule has 2 N–H and O–H groups in total. The number of nitrogens with zero attached hydrogens (tertiary/aromatic N) is 2. The summed E-state index contributed by atoms with van der Waals surface area (Å²) < 4.78 is 10.8. The van der Waals surface area contributed by atoms with Gasteiger partial charge in [-0.3, -0.25) is 0 Å². The number of hydroxylamine groups is 4. The molecule has 0 spiro atoms. The maximum absolute atomic E-state index is 12.4. The molecule has 0 aromatic heterocycles. The van der Waals surface area contributed by atoms with Crippen LogP contribution in [0.25, 0.3) is 0 Å². The standard InChI is InChI=1S/C36H40N2O6/c39-35(33-19-15-31(16-20-33)27-37(41)25-29-11-5-3-6-12-29)43-23-9-1-2-10-24-44-36(40)34-21-17-32(18-22-34)28-38(42)26-30-13-7-4-8-14-30/h3-8,11-22,41-42H,1-2,9-10,23-28H2. The van der Waals surface area contributed by atoms with Crippen molar-refractivity contribution >= 4 is 11.9 Å². The molecule has 44 heavy (non-hydrogen) atoms. The number of hydrogen-bond donors (Lipinski definition) is 2. The molecule has 4 rings (SSSR count). The van der Waals surface area contributed by atoms with Gasteiger partial charge in [-0.2, -0.15) is 10.1 Å². The molecule has 8 nitrogen and oxygen atoms in total. The van der Waals surface area contributed by atoms with E-state index in [0.717, 1.165) is 47.9 Å². The van der Waals surface area contributed by atoms with Crippen LogP contribution in [0.4, 0.5) is 0 Å². The monoisotopic (exact) mass is 596 g/mol. The minimum Gasteiger partial charge on any atom is -0.462 e. The van der Waals surface area contributed by atoms with Crippen molar-refractivity contribution in [3.63, 3.8) is 0 Å². The minimum atomic E-state index is -0.371. The lowest BCUT2D eigenvalue weighted by molar-refractivity contribution is -0.108. The van der Waals surface area contributed by atoms with Gasteiger partial charge < -0.3 is 19.9 Å². The highest BCUT2D eigenvalue weighted by molar-refractivity contribution is 5.89. The zero-order valence-corrected chi connectivity index (χ0v) is 24.9. The summed E-state index contributed by atoms with van der Waals surface area (Å²) in [6, 6.07) is 33.6. The average molecular weight is 597 g/mol. The number of esters is 2. The van der Waals surface area contributed by atoms with E-state index in [1.54, 1.807) is 24.3 Å². The van der Waals surface area contributed by atoms with E-state index >= 15 is 0 Å². The molecule has 0 aliphatic heterocycles. The second-order valence-electron chi connectivity index (χ2n) is 10.7. The molecule has 0 amide bonds. The van der Waals surface area contributed by atoms with Crippen molar-refractivity contribution in [3.8, 4) is 0 Å². The summed E-state index contributed by atoms with van der Waals surface area (Å²) in [4.78, 5) is 24.7. The van der Waals surface area contributed by atoms with Crippen LogP contribution in [-0.4, -0.2) is 45.7 Å². The van der Waals surface area contributed by atoms with Crippen LogP contribution in [0.3, 0.4) is 0 Å². The number of carbonyl (C=O) groups is 2. The number of rotatable bonds is 17. The number of ether oxygens (including phenoxy) is 2. The summed E-state index contributed by atoms with van der Waals surface area (Å²) in [6.07, 6.45) is 3.16. The maximum Gasteiger partial charge on any atom is 0.338 e. The van der Waals surface area contributed by atoms with Crippen LogP contribution in [0.5, 0.6) is 0 Å². The van der Waals surface area contributed by atoms with Crippen LogP contribution in [0.15, 0.2) is 109 Å².